The first kappa shape index (κ1) is 22.3. The van der Waals surface area contributed by atoms with Crippen molar-refractivity contribution in [2.75, 3.05) is 13.1 Å². The average molecular weight is 455 g/mol. The minimum atomic E-state index is -0.400. The van der Waals surface area contributed by atoms with E-state index in [9.17, 15) is 14.4 Å². The van der Waals surface area contributed by atoms with Crippen LogP contribution in [0.4, 0.5) is 0 Å². The largest absolute Gasteiger partial charge is 0.370 e. The zero-order chi connectivity index (χ0) is 23.2. The Morgan fingerprint density at radius 1 is 1.09 bits per heavy atom. The van der Waals surface area contributed by atoms with E-state index in [2.05, 4.69) is 0 Å². The molecule has 4 heterocycles. The molecule has 33 heavy (non-hydrogen) atoms. The fourth-order valence-electron chi connectivity index (χ4n) is 5.57. The number of ether oxygens (including phenoxy) is 1. The van der Waals surface area contributed by atoms with Crippen LogP contribution in [0.25, 0.3) is 11.0 Å². The lowest BCUT2D eigenvalue weighted by atomic mass is 9.94. The van der Waals surface area contributed by atoms with E-state index in [4.69, 9.17) is 9.72 Å². The van der Waals surface area contributed by atoms with Gasteiger partial charge in [0.1, 0.15) is 12.2 Å². The van der Waals surface area contributed by atoms with Crippen LogP contribution in [0.2, 0.25) is 0 Å². The molecule has 2 aliphatic heterocycles. The molecule has 0 aromatic carbocycles. The Hall–Kier alpha value is -2.48. The number of nitrogens with zero attached hydrogens (tertiary/aromatic N) is 4. The average Bonchev–Trinajstić information content (AvgIpc) is 2.81. The van der Waals surface area contributed by atoms with Crippen molar-refractivity contribution in [2.24, 2.45) is 0 Å². The van der Waals surface area contributed by atoms with Gasteiger partial charge >= 0.3 is 5.69 Å². The van der Waals surface area contributed by atoms with Crippen molar-refractivity contribution in [3.05, 3.63) is 38.2 Å². The molecule has 2 aromatic rings. The highest BCUT2D eigenvalue weighted by Crippen LogP contribution is 2.29. The first-order chi connectivity index (χ1) is 15.8. The van der Waals surface area contributed by atoms with Crippen LogP contribution in [0, 0.1) is 0 Å². The number of fused-ring (bicyclic) bond motifs is 2. The third-order valence-electron chi connectivity index (χ3n) is 7.47. The molecule has 8 nitrogen and oxygen atoms in total. The number of pyridine rings is 1. The van der Waals surface area contributed by atoms with Crippen LogP contribution in [0.1, 0.15) is 82.5 Å². The first-order valence-electron chi connectivity index (χ1n) is 12.4. The van der Waals surface area contributed by atoms with Crippen LogP contribution in [0.3, 0.4) is 0 Å². The van der Waals surface area contributed by atoms with Gasteiger partial charge in [-0.2, -0.15) is 0 Å². The van der Waals surface area contributed by atoms with Gasteiger partial charge in [-0.3, -0.25) is 18.7 Å². The molecule has 1 aliphatic carbocycles. The lowest BCUT2D eigenvalue weighted by Crippen LogP contribution is -2.46. The predicted octanol–water partition coefficient (Wildman–Crippen LogP) is 2.93. The van der Waals surface area contributed by atoms with Crippen molar-refractivity contribution >= 4 is 16.9 Å². The second-order valence-electron chi connectivity index (χ2n) is 10.5. The molecule has 0 unspecified atom stereocenters. The van der Waals surface area contributed by atoms with Gasteiger partial charge in [-0.25, -0.2) is 9.78 Å². The SMILES string of the molecule is CC1(C)Cc2nc3c(cc2CO1)c(=O)n(C1CCCCC1)c(=O)n3CC(=O)N1CCCCC1. The Morgan fingerprint density at radius 3 is 2.52 bits per heavy atom. The van der Waals surface area contributed by atoms with E-state index in [1.807, 2.05) is 24.8 Å². The summed E-state index contributed by atoms with van der Waals surface area (Å²) in [7, 11) is 0. The molecule has 1 amide bonds. The number of hydrogen-bond donors (Lipinski definition) is 0. The highest BCUT2D eigenvalue weighted by Gasteiger charge is 2.30. The number of piperidine rings is 1. The topological polar surface area (TPSA) is 86.4 Å². The lowest BCUT2D eigenvalue weighted by molar-refractivity contribution is -0.132. The quantitative estimate of drug-likeness (QED) is 0.712. The Balaban J connectivity index is 1.66. The van der Waals surface area contributed by atoms with Gasteiger partial charge in [-0.15, -0.1) is 0 Å². The maximum Gasteiger partial charge on any atom is 0.333 e. The normalized spacial score (nSPS) is 21.2. The number of aromatic nitrogens is 3. The summed E-state index contributed by atoms with van der Waals surface area (Å²) in [6, 6.07) is 1.72. The molecule has 178 valence electrons. The van der Waals surface area contributed by atoms with Gasteiger partial charge < -0.3 is 9.64 Å². The number of amides is 1. The number of carbonyl (C=O) groups excluding carboxylic acids is 1. The highest BCUT2D eigenvalue weighted by atomic mass is 16.5. The van der Waals surface area contributed by atoms with Gasteiger partial charge in [0.2, 0.25) is 5.91 Å². The van der Waals surface area contributed by atoms with Gasteiger partial charge in [-0.1, -0.05) is 19.3 Å². The van der Waals surface area contributed by atoms with Crippen LogP contribution in [-0.2, 0) is 29.1 Å². The maximum atomic E-state index is 13.7. The second kappa shape index (κ2) is 8.70. The number of likely N-dealkylation sites (tertiary alicyclic amines) is 1. The lowest BCUT2D eigenvalue weighted by Gasteiger charge is -2.32. The Labute approximate surface area is 193 Å². The van der Waals surface area contributed by atoms with Crippen LogP contribution >= 0.6 is 0 Å². The molecular weight excluding hydrogens is 420 g/mol. The van der Waals surface area contributed by atoms with Gasteiger partial charge in [-0.05, 0) is 52.0 Å². The number of rotatable bonds is 3. The van der Waals surface area contributed by atoms with E-state index in [1.54, 1.807) is 0 Å². The third kappa shape index (κ3) is 4.25. The van der Waals surface area contributed by atoms with Crippen molar-refractivity contribution in [2.45, 2.75) is 96.4 Å². The highest BCUT2D eigenvalue weighted by molar-refractivity contribution is 5.80. The molecule has 0 N–H and O–H groups in total. The number of hydrogen-bond acceptors (Lipinski definition) is 5. The smallest absolute Gasteiger partial charge is 0.333 e. The van der Waals surface area contributed by atoms with E-state index in [-0.39, 0.29) is 29.7 Å². The molecular formula is C25H34N4O4. The van der Waals surface area contributed by atoms with E-state index in [0.29, 0.717) is 24.1 Å². The molecule has 0 atom stereocenters. The fourth-order valence-corrected chi connectivity index (χ4v) is 5.57. The van der Waals surface area contributed by atoms with Crippen molar-refractivity contribution in [1.82, 2.24) is 19.0 Å². The van der Waals surface area contributed by atoms with Crippen molar-refractivity contribution in [3.63, 3.8) is 0 Å². The summed E-state index contributed by atoms with van der Waals surface area (Å²) >= 11 is 0. The molecule has 1 saturated carbocycles. The van der Waals surface area contributed by atoms with Gasteiger partial charge in [0, 0.05) is 31.1 Å². The van der Waals surface area contributed by atoms with Crippen LogP contribution in [0.5, 0.6) is 0 Å². The minimum Gasteiger partial charge on any atom is -0.370 e. The molecule has 3 aliphatic rings. The zero-order valence-electron chi connectivity index (χ0n) is 19.8. The van der Waals surface area contributed by atoms with Crippen LogP contribution < -0.4 is 11.2 Å². The summed E-state index contributed by atoms with van der Waals surface area (Å²) < 4.78 is 8.82. The molecule has 8 heteroatoms. The molecule has 5 rings (SSSR count). The summed E-state index contributed by atoms with van der Waals surface area (Å²) in [5.41, 5.74) is 1.01. The summed E-state index contributed by atoms with van der Waals surface area (Å²) in [5, 5.41) is 0.411. The van der Waals surface area contributed by atoms with E-state index in [0.717, 1.165) is 75.7 Å². The van der Waals surface area contributed by atoms with Crippen LogP contribution in [0.15, 0.2) is 15.7 Å². The fraction of sp³-hybridized carbons (Fsp3) is 0.680. The van der Waals surface area contributed by atoms with Crippen molar-refractivity contribution in [3.8, 4) is 0 Å². The Morgan fingerprint density at radius 2 is 1.79 bits per heavy atom. The Kier molecular flexibility index (Phi) is 5.89. The molecule has 2 fully saturated rings. The van der Waals surface area contributed by atoms with Crippen LogP contribution in [-0.4, -0.2) is 43.6 Å². The minimum absolute atomic E-state index is 0.0740. The monoisotopic (exact) mass is 454 g/mol. The Bertz CT molecular complexity index is 1180. The van der Waals surface area contributed by atoms with E-state index < -0.39 is 5.69 Å². The molecule has 0 bridgehead atoms. The summed E-state index contributed by atoms with van der Waals surface area (Å²) in [6.45, 7) is 5.78. The zero-order valence-corrected chi connectivity index (χ0v) is 19.8. The first-order valence-corrected chi connectivity index (χ1v) is 12.4. The predicted molar refractivity (Wildman–Crippen MR) is 125 cm³/mol. The summed E-state index contributed by atoms with van der Waals surface area (Å²) in [5.74, 6) is -0.0740. The summed E-state index contributed by atoms with van der Waals surface area (Å²) in [6.07, 6.45) is 8.48. The van der Waals surface area contributed by atoms with Gasteiger partial charge in [0.15, 0.2) is 0 Å². The van der Waals surface area contributed by atoms with Gasteiger partial charge in [0.25, 0.3) is 5.56 Å². The standard InChI is InChI=1S/C25H34N4O4/c1-25(2)14-20-17(16-33-25)13-19-22(26-20)28(15-21(30)27-11-7-4-8-12-27)24(32)29(23(19)31)18-9-5-3-6-10-18/h13,18H,3-12,14-16H2,1-2H3. The van der Waals surface area contributed by atoms with E-state index >= 15 is 0 Å². The molecule has 0 radical (unpaired) electrons. The van der Waals surface area contributed by atoms with Crippen molar-refractivity contribution in [1.29, 1.82) is 0 Å². The summed E-state index contributed by atoms with van der Waals surface area (Å²) in [4.78, 5) is 47.1. The molecule has 2 aromatic heterocycles. The maximum absolute atomic E-state index is 13.7. The molecule has 0 spiro atoms. The molecule has 1 saturated heterocycles. The second-order valence-corrected chi connectivity index (χ2v) is 10.5. The van der Waals surface area contributed by atoms with Crippen molar-refractivity contribution < 1.29 is 9.53 Å². The van der Waals surface area contributed by atoms with E-state index in [1.165, 1.54) is 9.13 Å². The third-order valence-corrected chi connectivity index (χ3v) is 7.47. The van der Waals surface area contributed by atoms with Gasteiger partial charge in [0.05, 0.1) is 23.3 Å². The number of carbonyl (C=O) groups is 1.